The summed E-state index contributed by atoms with van der Waals surface area (Å²) in [5.74, 6) is -2.23. The van der Waals surface area contributed by atoms with Gasteiger partial charge in [0.15, 0.2) is 0 Å². The lowest BCUT2D eigenvalue weighted by molar-refractivity contribution is -0.159. The van der Waals surface area contributed by atoms with Crippen LogP contribution in [0.15, 0.2) is 61.2 Å². The Balaban J connectivity index is 2.56. The van der Waals surface area contributed by atoms with Gasteiger partial charge in [0.05, 0.1) is 6.61 Å². The van der Waals surface area contributed by atoms with Crippen LogP contribution < -0.4 is 10.6 Å². The molecule has 3 unspecified atom stereocenters. The second-order valence-electron chi connectivity index (χ2n) is 12.4. The number of benzene rings is 2. The molecule has 0 radical (unpaired) electrons. The van der Waals surface area contributed by atoms with Crippen LogP contribution in [0.25, 0.3) is 0 Å². The Hall–Kier alpha value is -4.38. The van der Waals surface area contributed by atoms with Gasteiger partial charge in [-0.15, -0.1) is 6.58 Å². The number of carbonyl (C=O) groups excluding carboxylic acids is 4. The Bertz CT molecular complexity index is 1310. The summed E-state index contributed by atoms with van der Waals surface area (Å²) in [6, 6.07) is 9.51. The molecule has 0 heterocycles. The summed E-state index contributed by atoms with van der Waals surface area (Å²) in [7, 11) is 0. The van der Waals surface area contributed by atoms with Crippen LogP contribution in [-0.2, 0) is 30.3 Å². The van der Waals surface area contributed by atoms with Crippen molar-refractivity contribution in [2.24, 2.45) is 0 Å². The van der Waals surface area contributed by atoms with Gasteiger partial charge in [-0.25, -0.2) is 9.59 Å². The van der Waals surface area contributed by atoms with Gasteiger partial charge in [0.1, 0.15) is 35.1 Å². The van der Waals surface area contributed by atoms with E-state index in [9.17, 15) is 29.4 Å². The van der Waals surface area contributed by atoms with Gasteiger partial charge >= 0.3 is 12.1 Å². The zero-order valence-electron chi connectivity index (χ0n) is 26.5. The highest BCUT2D eigenvalue weighted by Gasteiger charge is 2.38. The van der Waals surface area contributed by atoms with Crippen LogP contribution in [-0.4, -0.2) is 75.4 Å². The molecule has 2 rings (SSSR count). The lowest BCUT2D eigenvalue weighted by atomic mass is 9.99. The fourth-order valence-electron chi connectivity index (χ4n) is 4.29. The quantitative estimate of drug-likeness (QED) is 0.209. The Morgan fingerprint density at radius 1 is 0.932 bits per heavy atom. The number of phenols is 1. The number of aromatic hydroxyl groups is 1. The molecule has 2 aromatic carbocycles. The van der Waals surface area contributed by atoms with Gasteiger partial charge in [0, 0.05) is 13.0 Å². The van der Waals surface area contributed by atoms with E-state index in [-0.39, 0.29) is 18.7 Å². The molecule has 0 aliphatic rings. The number of alkyl carbamates (subject to hydrolysis) is 1. The molecule has 0 aliphatic heterocycles. The molecule has 0 aliphatic carbocycles. The lowest BCUT2D eigenvalue weighted by Gasteiger charge is -2.34. The van der Waals surface area contributed by atoms with E-state index in [2.05, 4.69) is 17.2 Å². The number of phenolic OH excluding ortho intramolecular Hbond substituents is 1. The van der Waals surface area contributed by atoms with Crippen LogP contribution in [0.1, 0.15) is 64.3 Å². The molecule has 11 heteroatoms. The number of esters is 1. The number of ether oxygens (including phenoxy) is 2. The van der Waals surface area contributed by atoms with E-state index < -0.39 is 59.8 Å². The molecule has 3 amide bonds. The van der Waals surface area contributed by atoms with Gasteiger partial charge in [-0.2, -0.15) is 0 Å². The van der Waals surface area contributed by atoms with Crippen molar-refractivity contribution in [2.45, 2.75) is 84.2 Å². The number of nitrogens with zero attached hydrogens (tertiary/aromatic N) is 1. The van der Waals surface area contributed by atoms with E-state index >= 15 is 0 Å². The number of aliphatic hydroxyl groups excluding tert-OH is 1. The summed E-state index contributed by atoms with van der Waals surface area (Å²) in [6.07, 6.45) is 0.568. The predicted octanol–water partition coefficient (Wildman–Crippen LogP) is 3.71. The molecule has 2 aromatic rings. The van der Waals surface area contributed by atoms with Gasteiger partial charge in [-0.3, -0.25) is 9.59 Å². The van der Waals surface area contributed by atoms with E-state index in [1.165, 1.54) is 24.3 Å². The van der Waals surface area contributed by atoms with Crippen LogP contribution >= 0.6 is 0 Å². The van der Waals surface area contributed by atoms with Crippen molar-refractivity contribution in [3.63, 3.8) is 0 Å². The van der Waals surface area contributed by atoms with Crippen LogP contribution in [0, 0.1) is 6.92 Å². The van der Waals surface area contributed by atoms with Crippen molar-refractivity contribution >= 4 is 23.9 Å². The fourth-order valence-corrected chi connectivity index (χ4v) is 4.29. The highest BCUT2D eigenvalue weighted by atomic mass is 16.6. The van der Waals surface area contributed by atoms with Gasteiger partial charge < -0.3 is 35.2 Å². The third-order valence-corrected chi connectivity index (χ3v) is 6.17. The van der Waals surface area contributed by atoms with E-state index in [1.807, 2.05) is 30.3 Å². The van der Waals surface area contributed by atoms with Gasteiger partial charge in [0.25, 0.3) is 0 Å². The average Bonchev–Trinajstić information content (AvgIpc) is 2.91. The van der Waals surface area contributed by atoms with Crippen molar-refractivity contribution in [1.29, 1.82) is 0 Å². The topological polar surface area (TPSA) is 154 Å². The van der Waals surface area contributed by atoms with E-state index in [0.29, 0.717) is 11.1 Å². The molecule has 4 N–H and O–H groups in total. The minimum absolute atomic E-state index is 0.0231. The summed E-state index contributed by atoms with van der Waals surface area (Å²) in [6.45, 7) is 14.5. The maximum absolute atomic E-state index is 14.2. The maximum Gasteiger partial charge on any atom is 0.408 e. The minimum Gasteiger partial charge on any atom is -0.508 e. The SMILES string of the molecule is C=CCN(C(=O)C(CO)NC(=O)OC(C)(C)C)C(C(=O)NC(Cc1ccccc1)C(=O)OC(C)(C)C)c1ccc(O)c(C)c1. The van der Waals surface area contributed by atoms with Crippen LogP contribution in [0.5, 0.6) is 5.75 Å². The van der Waals surface area contributed by atoms with E-state index in [4.69, 9.17) is 9.47 Å². The molecule has 0 spiro atoms. The first kappa shape index (κ1) is 35.8. The van der Waals surface area contributed by atoms with E-state index in [1.54, 1.807) is 48.5 Å². The number of nitrogens with one attached hydrogen (secondary N) is 2. The monoisotopic (exact) mass is 611 g/mol. The number of hydrogen-bond acceptors (Lipinski definition) is 8. The second-order valence-corrected chi connectivity index (χ2v) is 12.4. The number of aliphatic hydroxyl groups is 1. The lowest BCUT2D eigenvalue weighted by Crippen LogP contribution is -2.56. The fraction of sp³-hybridized carbons (Fsp3) is 0.455. The van der Waals surface area contributed by atoms with Crippen molar-refractivity contribution in [3.05, 3.63) is 77.9 Å². The normalized spacial score (nSPS) is 13.5. The molecule has 0 fully saturated rings. The molecule has 0 saturated carbocycles. The first-order valence-corrected chi connectivity index (χ1v) is 14.3. The van der Waals surface area contributed by atoms with Gasteiger partial charge in [-0.1, -0.05) is 42.5 Å². The second kappa shape index (κ2) is 15.4. The smallest absolute Gasteiger partial charge is 0.408 e. The van der Waals surface area contributed by atoms with Crippen LogP contribution in [0.3, 0.4) is 0 Å². The largest absolute Gasteiger partial charge is 0.508 e. The summed E-state index contributed by atoms with van der Waals surface area (Å²) in [4.78, 5) is 55.0. The zero-order valence-corrected chi connectivity index (χ0v) is 26.5. The zero-order chi connectivity index (χ0) is 33.2. The standard InChI is InChI=1S/C33H45N3O8/c1-9-17-36(29(40)25(20-37)35-31(42)44-33(6,7)8)27(23-15-16-26(38)21(2)18-23)28(39)34-24(30(41)43-32(3,4)5)19-22-13-11-10-12-14-22/h9-16,18,24-25,27,37-38H,1,17,19-20H2,2-8H3,(H,34,39)(H,35,42). The highest BCUT2D eigenvalue weighted by Crippen LogP contribution is 2.27. The minimum atomic E-state index is -1.47. The first-order valence-electron chi connectivity index (χ1n) is 14.3. The number of carbonyl (C=O) groups is 4. The number of hydrogen-bond donors (Lipinski definition) is 4. The van der Waals surface area contributed by atoms with Gasteiger partial charge in [-0.05, 0) is 77.3 Å². The predicted molar refractivity (Wildman–Crippen MR) is 166 cm³/mol. The molecule has 3 atom stereocenters. The van der Waals surface area contributed by atoms with Crippen LogP contribution in [0.4, 0.5) is 4.79 Å². The Morgan fingerprint density at radius 2 is 1.55 bits per heavy atom. The summed E-state index contributed by atoms with van der Waals surface area (Å²) < 4.78 is 10.9. The molecule has 0 bridgehead atoms. The molecule has 44 heavy (non-hydrogen) atoms. The maximum atomic E-state index is 14.2. The van der Waals surface area contributed by atoms with Crippen molar-refractivity contribution in [2.75, 3.05) is 13.2 Å². The Labute approximate surface area is 259 Å². The van der Waals surface area contributed by atoms with E-state index in [0.717, 1.165) is 10.5 Å². The summed E-state index contributed by atoms with van der Waals surface area (Å²) >= 11 is 0. The third-order valence-electron chi connectivity index (χ3n) is 6.17. The summed E-state index contributed by atoms with van der Waals surface area (Å²) in [5, 5.41) is 25.4. The third kappa shape index (κ3) is 11.0. The molecular weight excluding hydrogens is 566 g/mol. The van der Waals surface area contributed by atoms with Crippen molar-refractivity contribution in [3.8, 4) is 5.75 Å². The molecule has 0 aromatic heterocycles. The van der Waals surface area contributed by atoms with Crippen LogP contribution in [0.2, 0.25) is 0 Å². The molecular formula is C33H45N3O8. The first-order chi connectivity index (χ1) is 20.5. The Kier molecular flexibility index (Phi) is 12.5. The average molecular weight is 612 g/mol. The highest BCUT2D eigenvalue weighted by molar-refractivity contribution is 5.94. The number of amides is 3. The van der Waals surface area contributed by atoms with Crippen molar-refractivity contribution in [1.82, 2.24) is 15.5 Å². The molecule has 240 valence electrons. The van der Waals surface area contributed by atoms with Crippen molar-refractivity contribution < 1.29 is 38.9 Å². The van der Waals surface area contributed by atoms with Gasteiger partial charge in [0.2, 0.25) is 11.8 Å². The Morgan fingerprint density at radius 3 is 2.07 bits per heavy atom. The molecule has 11 nitrogen and oxygen atoms in total. The summed E-state index contributed by atoms with van der Waals surface area (Å²) in [5.41, 5.74) is -0.192. The number of aryl methyl sites for hydroxylation is 1. The number of rotatable bonds is 12. The molecule has 0 saturated heterocycles.